The Balaban J connectivity index is 2.29. The number of nitrogens with one attached hydrogen (secondary N) is 1. The molecule has 0 radical (unpaired) electrons. The zero-order valence-corrected chi connectivity index (χ0v) is 13.2. The Hall–Kier alpha value is -2.35. The van der Waals surface area contributed by atoms with E-state index in [1.165, 1.54) is 18.3 Å². The summed E-state index contributed by atoms with van der Waals surface area (Å²) in [5, 5.41) is 2.42. The number of rotatable bonds is 5. The molecular formula is C16H18F3N3O2. The van der Waals surface area contributed by atoms with Crippen LogP contribution in [0.5, 0.6) is 0 Å². The monoisotopic (exact) mass is 341 g/mol. The van der Waals surface area contributed by atoms with E-state index in [-0.39, 0.29) is 22.9 Å². The first-order chi connectivity index (χ1) is 11.2. The second kappa shape index (κ2) is 7.04. The van der Waals surface area contributed by atoms with Gasteiger partial charge in [-0.1, -0.05) is 13.8 Å². The number of oxazole rings is 1. The average molecular weight is 341 g/mol. The molecule has 8 heteroatoms. The van der Waals surface area contributed by atoms with Gasteiger partial charge in [-0.25, -0.2) is 4.98 Å². The minimum absolute atomic E-state index is 0.00305. The molecule has 0 saturated carbocycles. The van der Waals surface area contributed by atoms with Crippen LogP contribution in [0.25, 0.3) is 11.3 Å². The summed E-state index contributed by atoms with van der Waals surface area (Å²) in [5.41, 5.74) is 4.69. The number of alkyl halides is 3. The molecule has 1 aromatic carbocycles. The van der Waals surface area contributed by atoms with Crippen molar-refractivity contribution in [1.82, 2.24) is 4.98 Å². The van der Waals surface area contributed by atoms with Crippen LogP contribution in [0, 0.1) is 5.92 Å². The molecule has 1 heterocycles. The molecule has 1 aromatic heterocycles. The van der Waals surface area contributed by atoms with Gasteiger partial charge in [-0.05, 0) is 30.5 Å². The lowest BCUT2D eigenvalue weighted by molar-refractivity contribution is -0.137. The molecule has 1 atom stereocenters. The molecule has 130 valence electrons. The lowest BCUT2D eigenvalue weighted by Crippen LogP contribution is -2.36. The third-order valence-corrected chi connectivity index (χ3v) is 3.35. The highest BCUT2D eigenvalue weighted by atomic mass is 19.4. The summed E-state index contributed by atoms with van der Waals surface area (Å²) in [6, 6.07) is 2.67. The molecular weight excluding hydrogens is 323 g/mol. The fourth-order valence-electron chi connectivity index (χ4n) is 2.27. The third kappa shape index (κ3) is 4.35. The van der Waals surface area contributed by atoms with E-state index in [0.717, 1.165) is 12.5 Å². The highest BCUT2D eigenvalue weighted by Crippen LogP contribution is 2.38. The summed E-state index contributed by atoms with van der Waals surface area (Å²) >= 11 is 0. The van der Waals surface area contributed by atoms with E-state index in [9.17, 15) is 18.0 Å². The van der Waals surface area contributed by atoms with E-state index < -0.39 is 23.7 Å². The number of anilines is 1. The molecule has 0 aliphatic carbocycles. The van der Waals surface area contributed by atoms with Crippen molar-refractivity contribution in [3.8, 4) is 11.3 Å². The van der Waals surface area contributed by atoms with Crippen LogP contribution in [0.3, 0.4) is 0 Å². The highest BCUT2D eigenvalue weighted by Gasteiger charge is 2.35. The summed E-state index contributed by atoms with van der Waals surface area (Å²) in [4.78, 5) is 15.6. The van der Waals surface area contributed by atoms with Crippen molar-refractivity contribution >= 4 is 11.6 Å². The quantitative estimate of drug-likeness (QED) is 0.869. The highest BCUT2D eigenvalue weighted by molar-refractivity contribution is 5.95. The van der Waals surface area contributed by atoms with E-state index in [0.29, 0.717) is 6.42 Å². The van der Waals surface area contributed by atoms with E-state index in [1.807, 2.05) is 13.8 Å². The molecule has 3 N–H and O–H groups in total. The maximum atomic E-state index is 13.3. The minimum atomic E-state index is -4.61. The van der Waals surface area contributed by atoms with Crippen LogP contribution in [0.2, 0.25) is 0 Å². The fourth-order valence-corrected chi connectivity index (χ4v) is 2.27. The first-order valence-electron chi connectivity index (χ1n) is 7.35. The van der Waals surface area contributed by atoms with Crippen molar-refractivity contribution < 1.29 is 22.4 Å². The summed E-state index contributed by atoms with van der Waals surface area (Å²) in [5.74, 6) is -0.328. The molecule has 0 aliphatic rings. The van der Waals surface area contributed by atoms with Crippen LogP contribution in [0.15, 0.2) is 35.2 Å². The van der Waals surface area contributed by atoms with Gasteiger partial charge in [-0.3, -0.25) is 4.79 Å². The Kier molecular flexibility index (Phi) is 5.28. The molecule has 0 saturated heterocycles. The van der Waals surface area contributed by atoms with E-state index in [4.69, 9.17) is 10.2 Å². The number of amides is 1. The number of halogens is 3. The Bertz CT molecular complexity index is 697. The number of hydrogen-bond donors (Lipinski definition) is 2. The molecule has 0 bridgehead atoms. The third-order valence-electron chi connectivity index (χ3n) is 3.35. The summed E-state index contributed by atoms with van der Waals surface area (Å²) in [6.45, 7) is 3.81. The van der Waals surface area contributed by atoms with Crippen LogP contribution in [-0.4, -0.2) is 16.9 Å². The van der Waals surface area contributed by atoms with Crippen LogP contribution in [-0.2, 0) is 11.0 Å². The van der Waals surface area contributed by atoms with E-state index in [2.05, 4.69) is 10.3 Å². The number of carbonyl (C=O) groups excluding carboxylic acids is 1. The van der Waals surface area contributed by atoms with Crippen molar-refractivity contribution in [2.75, 3.05) is 5.32 Å². The zero-order valence-electron chi connectivity index (χ0n) is 13.2. The molecule has 0 aliphatic heterocycles. The Morgan fingerprint density at radius 2 is 2.08 bits per heavy atom. The number of nitrogens with two attached hydrogens (primary N) is 1. The normalized spacial score (nSPS) is 13.1. The minimum Gasteiger partial charge on any atom is -0.444 e. The van der Waals surface area contributed by atoms with Gasteiger partial charge in [0.2, 0.25) is 5.91 Å². The number of carbonyl (C=O) groups is 1. The van der Waals surface area contributed by atoms with Gasteiger partial charge < -0.3 is 15.5 Å². The largest absolute Gasteiger partial charge is 0.444 e. The molecule has 5 nitrogen and oxygen atoms in total. The number of aromatic nitrogens is 1. The van der Waals surface area contributed by atoms with Crippen molar-refractivity contribution in [2.45, 2.75) is 32.5 Å². The first kappa shape index (κ1) is 18.0. The molecule has 1 unspecified atom stereocenters. The average Bonchev–Trinajstić information content (AvgIpc) is 2.99. The topological polar surface area (TPSA) is 81.2 Å². The molecule has 2 rings (SSSR count). The van der Waals surface area contributed by atoms with Gasteiger partial charge in [0.05, 0.1) is 17.8 Å². The Morgan fingerprint density at radius 1 is 1.38 bits per heavy atom. The summed E-state index contributed by atoms with van der Waals surface area (Å²) in [6.07, 6.45) is -1.92. The second-order valence-electron chi connectivity index (χ2n) is 5.85. The molecule has 2 aromatic rings. The van der Waals surface area contributed by atoms with Crippen LogP contribution < -0.4 is 11.1 Å². The number of hydrogen-bond acceptors (Lipinski definition) is 4. The first-order valence-corrected chi connectivity index (χ1v) is 7.35. The summed E-state index contributed by atoms with van der Waals surface area (Å²) < 4.78 is 44.8. The predicted octanol–water partition coefficient (Wildman–Crippen LogP) is 3.67. The molecule has 0 fully saturated rings. The van der Waals surface area contributed by atoms with Crippen molar-refractivity contribution in [2.24, 2.45) is 11.7 Å². The molecule has 1 amide bonds. The SMILES string of the molecule is CC(C)CC(N)C(=O)Nc1ccc(-c2cnco2)c(C(F)(F)F)c1. The Labute approximate surface area is 137 Å². The number of benzene rings is 1. The van der Waals surface area contributed by atoms with Crippen molar-refractivity contribution in [3.05, 3.63) is 36.4 Å². The van der Waals surface area contributed by atoms with Gasteiger partial charge in [0.1, 0.15) is 0 Å². The number of nitrogens with zero attached hydrogens (tertiary/aromatic N) is 1. The van der Waals surface area contributed by atoms with Crippen LogP contribution >= 0.6 is 0 Å². The van der Waals surface area contributed by atoms with Gasteiger partial charge in [0, 0.05) is 11.3 Å². The van der Waals surface area contributed by atoms with Gasteiger partial charge in [-0.15, -0.1) is 0 Å². The fraction of sp³-hybridized carbons (Fsp3) is 0.375. The van der Waals surface area contributed by atoms with Gasteiger partial charge >= 0.3 is 6.18 Å². The maximum Gasteiger partial charge on any atom is 0.417 e. The van der Waals surface area contributed by atoms with Crippen molar-refractivity contribution in [3.63, 3.8) is 0 Å². The van der Waals surface area contributed by atoms with E-state index >= 15 is 0 Å². The summed E-state index contributed by atoms with van der Waals surface area (Å²) in [7, 11) is 0. The standard InChI is InChI=1S/C16H18F3N3O2/c1-9(2)5-13(20)15(23)22-10-3-4-11(14-7-21-8-24-14)12(6-10)16(17,18)19/h3-4,6-9,13H,5,20H2,1-2H3,(H,22,23). The van der Waals surface area contributed by atoms with Crippen LogP contribution in [0.1, 0.15) is 25.8 Å². The molecule has 0 spiro atoms. The van der Waals surface area contributed by atoms with Gasteiger partial charge in [-0.2, -0.15) is 13.2 Å². The van der Waals surface area contributed by atoms with E-state index in [1.54, 1.807) is 0 Å². The van der Waals surface area contributed by atoms with Gasteiger partial charge in [0.15, 0.2) is 12.2 Å². The predicted molar refractivity (Wildman–Crippen MR) is 83.0 cm³/mol. The zero-order chi connectivity index (χ0) is 17.9. The smallest absolute Gasteiger partial charge is 0.417 e. The lowest BCUT2D eigenvalue weighted by atomic mass is 10.0. The molecule has 24 heavy (non-hydrogen) atoms. The second-order valence-corrected chi connectivity index (χ2v) is 5.85. The maximum absolute atomic E-state index is 13.3. The van der Waals surface area contributed by atoms with Crippen molar-refractivity contribution in [1.29, 1.82) is 0 Å². The van der Waals surface area contributed by atoms with Crippen LogP contribution in [0.4, 0.5) is 18.9 Å². The van der Waals surface area contributed by atoms with Gasteiger partial charge in [0.25, 0.3) is 0 Å². The Morgan fingerprint density at radius 3 is 2.62 bits per heavy atom. The lowest BCUT2D eigenvalue weighted by Gasteiger charge is -2.16.